The number of rotatable bonds is 4. The minimum absolute atomic E-state index is 0.391. The quantitative estimate of drug-likeness (QED) is 0.910. The van der Waals surface area contributed by atoms with E-state index in [9.17, 15) is 8.42 Å². The van der Waals surface area contributed by atoms with Gasteiger partial charge in [0.25, 0.3) is 0 Å². The van der Waals surface area contributed by atoms with Crippen molar-refractivity contribution < 1.29 is 13.3 Å². The van der Waals surface area contributed by atoms with Crippen molar-refractivity contribution in [2.24, 2.45) is 0 Å². The Morgan fingerprint density at radius 1 is 0.958 bits per heavy atom. The van der Waals surface area contributed by atoms with Gasteiger partial charge in [-0.15, -0.1) is 0 Å². The van der Waals surface area contributed by atoms with Gasteiger partial charge in [0.05, 0.1) is 31.1 Å². The lowest BCUT2D eigenvalue weighted by Crippen LogP contribution is -3.13. The number of nitrogens with one attached hydrogen (secondary N) is 1. The Labute approximate surface area is 144 Å². The van der Waals surface area contributed by atoms with Crippen molar-refractivity contribution in [3.63, 3.8) is 0 Å². The zero-order chi connectivity index (χ0) is 17.2. The van der Waals surface area contributed by atoms with Gasteiger partial charge >= 0.3 is 0 Å². The number of benzene rings is 2. The summed E-state index contributed by atoms with van der Waals surface area (Å²) in [4.78, 5) is 1.84. The van der Waals surface area contributed by atoms with Gasteiger partial charge in [0.1, 0.15) is 6.54 Å². The van der Waals surface area contributed by atoms with E-state index in [0.717, 1.165) is 19.6 Å². The molecule has 0 spiro atoms. The molecule has 0 unspecified atom stereocenters. The van der Waals surface area contributed by atoms with E-state index in [1.165, 1.54) is 21.6 Å². The van der Waals surface area contributed by atoms with Gasteiger partial charge in [-0.1, -0.05) is 47.5 Å². The molecule has 3 rings (SSSR count). The Balaban J connectivity index is 1.63. The van der Waals surface area contributed by atoms with Crippen LogP contribution in [0.15, 0.2) is 53.4 Å². The first-order chi connectivity index (χ1) is 11.4. The van der Waals surface area contributed by atoms with Crippen molar-refractivity contribution in [2.45, 2.75) is 25.3 Å². The van der Waals surface area contributed by atoms with Crippen LogP contribution in [0.5, 0.6) is 0 Å². The van der Waals surface area contributed by atoms with E-state index in [1.54, 1.807) is 28.6 Å². The molecule has 1 N–H and O–H groups in total. The van der Waals surface area contributed by atoms with Crippen LogP contribution in [0, 0.1) is 13.8 Å². The average Bonchev–Trinajstić information content (AvgIpc) is 2.55. The fourth-order valence-electron chi connectivity index (χ4n) is 3.42. The monoisotopic (exact) mass is 345 g/mol. The molecule has 4 nitrogen and oxygen atoms in total. The van der Waals surface area contributed by atoms with Gasteiger partial charge in [0.15, 0.2) is 0 Å². The second-order valence-electron chi connectivity index (χ2n) is 6.64. The van der Waals surface area contributed by atoms with Crippen LogP contribution in [-0.4, -0.2) is 38.9 Å². The minimum Gasteiger partial charge on any atom is -0.329 e. The number of hydrogen-bond donors (Lipinski definition) is 1. The van der Waals surface area contributed by atoms with Crippen molar-refractivity contribution in [3.05, 3.63) is 65.2 Å². The lowest BCUT2D eigenvalue weighted by molar-refractivity contribution is -0.917. The maximum absolute atomic E-state index is 12.7. The molecule has 128 valence electrons. The minimum atomic E-state index is -3.35. The Kier molecular flexibility index (Phi) is 5.04. The van der Waals surface area contributed by atoms with E-state index >= 15 is 0 Å². The number of aryl methyl sites for hydroxylation is 2. The molecule has 5 heteroatoms. The molecular weight excluding hydrogens is 320 g/mol. The summed E-state index contributed by atoms with van der Waals surface area (Å²) >= 11 is 0. The molecule has 2 aromatic rings. The van der Waals surface area contributed by atoms with Gasteiger partial charge < -0.3 is 4.90 Å². The largest absolute Gasteiger partial charge is 0.329 e. The van der Waals surface area contributed by atoms with Gasteiger partial charge in [-0.2, -0.15) is 4.31 Å². The van der Waals surface area contributed by atoms with Crippen LogP contribution in [0.2, 0.25) is 0 Å². The fraction of sp³-hybridized carbons (Fsp3) is 0.368. The summed E-state index contributed by atoms with van der Waals surface area (Å²) in [6.45, 7) is 8.06. The van der Waals surface area contributed by atoms with E-state index in [4.69, 9.17) is 0 Å². The second-order valence-corrected chi connectivity index (χ2v) is 8.58. The first-order valence-corrected chi connectivity index (χ1v) is 9.85. The molecule has 1 heterocycles. The van der Waals surface area contributed by atoms with E-state index in [0.29, 0.717) is 18.0 Å². The summed E-state index contributed by atoms with van der Waals surface area (Å²) in [5.41, 5.74) is 3.91. The van der Waals surface area contributed by atoms with Crippen LogP contribution in [0.25, 0.3) is 0 Å². The SMILES string of the molecule is Cc1cc(C)cc(C[NH+]2CCN(S(=O)(=O)c3ccccc3)CC2)c1. The van der Waals surface area contributed by atoms with Gasteiger partial charge in [-0.3, -0.25) is 0 Å². The molecule has 0 aliphatic carbocycles. The maximum atomic E-state index is 12.7. The third-order valence-electron chi connectivity index (χ3n) is 4.55. The molecule has 2 aromatic carbocycles. The molecule has 1 fully saturated rings. The predicted molar refractivity (Wildman–Crippen MR) is 95.5 cm³/mol. The van der Waals surface area contributed by atoms with Crippen molar-refractivity contribution >= 4 is 10.0 Å². The highest BCUT2D eigenvalue weighted by Gasteiger charge is 2.30. The number of piperazine rings is 1. The molecule has 1 aliphatic heterocycles. The van der Waals surface area contributed by atoms with Gasteiger partial charge in [-0.25, -0.2) is 8.42 Å². The van der Waals surface area contributed by atoms with Crippen molar-refractivity contribution in [1.82, 2.24) is 4.31 Å². The number of sulfonamides is 1. The van der Waals surface area contributed by atoms with Gasteiger partial charge in [0, 0.05) is 5.56 Å². The molecule has 0 bridgehead atoms. The molecule has 1 aliphatic rings. The van der Waals surface area contributed by atoms with Crippen LogP contribution >= 0.6 is 0 Å². The van der Waals surface area contributed by atoms with Crippen molar-refractivity contribution in [1.29, 1.82) is 0 Å². The first-order valence-electron chi connectivity index (χ1n) is 8.41. The summed E-state index contributed by atoms with van der Waals surface area (Å²) < 4.78 is 26.9. The summed E-state index contributed by atoms with van der Waals surface area (Å²) in [5.74, 6) is 0. The Morgan fingerprint density at radius 3 is 2.12 bits per heavy atom. The first kappa shape index (κ1) is 17.1. The normalized spacial score (nSPS) is 17.1. The van der Waals surface area contributed by atoms with Crippen LogP contribution in [0.3, 0.4) is 0 Å². The molecule has 0 aromatic heterocycles. The average molecular weight is 345 g/mol. The van der Waals surface area contributed by atoms with E-state index in [2.05, 4.69) is 32.0 Å². The molecule has 0 amide bonds. The number of quaternary nitrogens is 1. The highest BCUT2D eigenvalue weighted by Crippen LogP contribution is 2.15. The zero-order valence-corrected chi connectivity index (χ0v) is 15.1. The van der Waals surface area contributed by atoms with Crippen LogP contribution in [0.4, 0.5) is 0 Å². The molecule has 0 atom stereocenters. The van der Waals surface area contributed by atoms with Gasteiger partial charge in [-0.05, 0) is 26.0 Å². The zero-order valence-electron chi connectivity index (χ0n) is 14.3. The number of hydrogen-bond acceptors (Lipinski definition) is 2. The summed E-state index contributed by atoms with van der Waals surface area (Å²) in [7, 11) is -3.35. The molecule has 0 radical (unpaired) electrons. The Hall–Kier alpha value is -1.69. The molecule has 0 saturated carbocycles. The van der Waals surface area contributed by atoms with E-state index in [-0.39, 0.29) is 0 Å². The van der Waals surface area contributed by atoms with Crippen LogP contribution < -0.4 is 4.90 Å². The van der Waals surface area contributed by atoms with E-state index in [1.807, 2.05) is 6.07 Å². The Bertz CT molecular complexity index is 775. The van der Waals surface area contributed by atoms with Crippen LogP contribution in [0.1, 0.15) is 16.7 Å². The Morgan fingerprint density at radius 2 is 1.54 bits per heavy atom. The molecular formula is C19H25N2O2S+. The summed E-state index contributed by atoms with van der Waals surface area (Å²) in [5, 5.41) is 0. The standard InChI is InChI=1S/C19H24N2O2S/c1-16-12-17(2)14-18(13-16)15-20-8-10-21(11-9-20)24(22,23)19-6-4-3-5-7-19/h3-7,12-14H,8-11,15H2,1-2H3/p+1. The lowest BCUT2D eigenvalue weighted by Gasteiger charge is -2.31. The van der Waals surface area contributed by atoms with Crippen LogP contribution in [-0.2, 0) is 16.6 Å². The van der Waals surface area contributed by atoms with Crippen molar-refractivity contribution in [2.75, 3.05) is 26.2 Å². The van der Waals surface area contributed by atoms with Gasteiger partial charge in [0.2, 0.25) is 10.0 Å². The molecule has 24 heavy (non-hydrogen) atoms. The highest BCUT2D eigenvalue weighted by atomic mass is 32.2. The van der Waals surface area contributed by atoms with E-state index < -0.39 is 10.0 Å². The third-order valence-corrected chi connectivity index (χ3v) is 6.46. The summed E-state index contributed by atoms with van der Waals surface area (Å²) in [6, 6.07) is 15.4. The third kappa shape index (κ3) is 3.86. The second kappa shape index (κ2) is 7.05. The van der Waals surface area contributed by atoms with Crippen molar-refractivity contribution in [3.8, 4) is 0 Å². The smallest absolute Gasteiger partial charge is 0.243 e. The molecule has 1 saturated heterocycles. The fourth-order valence-corrected chi connectivity index (χ4v) is 4.88. The predicted octanol–water partition coefficient (Wildman–Crippen LogP) is 1.39. The highest BCUT2D eigenvalue weighted by molar-refractivity contribution is 7.89. The topological polar surface area (TPSA) is 41.8 Å². The summed E-state index contributed by atoms with van der Waals surface area (Å²) in [6.07, 6.45) is 0. The number of nitrogens with zero attached hydrogens (tertiary/aromatic N) is 1. The maximum Gasteiger partial charge on any atom is 0.243 e. The lowest BCUT2D eigenvalue weighted by atomic mass is 10.1.